The number of anilines is 3. The predicted octanol–water partition coefficient (Wildman–Crippen LogP) is 17.9. The van der Waals surface area contributed by atoms with Crippen molar-refractivity contribution in [2.75, 3.05) is 64.0 Å². The van der Waals surface area contributed by atoms with Crippen LogP contribution in [0.25, 0.3) is 22.0 Å². The molecule has 0 bridgehead atoms. The Balaban J connectivity index is 0.000000194. The molecule has 0 unspecified atom stereocenters. The van der Waals surface area contributed by atoms with E-state index in [1.807, 2.05) is 11.6 Å². The molecule has 0 aliphatic heterocycles. The third-order valence-corrected chi connectivity index (χ3v) is 21.5. The molecule has 0 radical (unpaired) electrons. The maximum Gasteiger partial charge on any atom is 0.416 e. The van der Waals surface area contributed by atoms with Crippen molar-refractivity contribution < 1.29 is 150 Å². The molecule has 0 aliphatic carbocycles. The Morgan fingerprint density at radius 2 is 0.676 bits per heavy atom. The summed E-state index contributed by atoms with van der Waals surface area (Å²) in [6.07, 6.45) is -12.7. The lowest BCUT2D eigenvalue weighted by atomic mass is 10.0. The van der Waals surface area contributed by atoms with Gasteiger partial charge in [0.2, 0.25) is 17.7 Å². The standard InChI is InChI=1S/C36H29F3N2O8.C35H29F3N4O7.C33H28F3N3O8/c1-21-15-26-16-25(8-14-31(26)48-21)35(46)49-28-11-3-22(4-12-28)19-41(20-33(43)44)34(45)23-5-9-27(10-6-23)40-32(42)17-24-7-13-29(47-2)18-30(24)36(37,38)39;1-41-20-39-29-15-24(8-14-30(29)41)34(47)49-26-11-3-21(4-12-26)18-42(19-32(44)45)33(46)22-5-9-25(10-6-22)40-31(43)16-23-7-13-27(48-2)17-28(23)35(36,37)38;1-45-25-12-7-22(27(16-25)33(34,35)36)15-29(40)38-23-8-5-21(6-9-23)31(43)39(19-30(41)42)18-20-3-10-24(11-4-20)47-32(44)28-17-26(46-2)13-14-37-28/h3-16,18H,17,19-20H2,1-2H3,(H,40,42)(H,43,44);3-15,17,20H,16,18-19H2,1-2H3,(H,40,43)(H,44,45);3-14,16-17H,15,18-19H2,1-2H3,(H,38,40)(H,41,42). The highest BCUT2D eigenvalue weighted by atomic mass is 19.4. The van der Waals surface area contributed by atoms with Crippen LogP contribution in [-0.4, -0.2) is 164 Å². The number of carbonyl (C=O) groups excluding carboxylic acids is 9. The van der Waals surface area contributed by atoms with Crippen LogP contribution >= 0.6 is 0 Å². The number of pyridine rings is 1. The second-order valence-electron chi connectivity index (χ2n) is 32.0. The maximum atomic E-state index is 13.5. The summed E-state index contributed by atoms with van der Waals surface area (Å²) in [6.45, 7) is -0.328. The summed E-state index contributed by atoms with van der Waals surface area (Å²) in [5.74, 6) is -7.83. The second kappa shape index (κ2) is 47.2. The van der Waals surface area contributed by atoms with Crippen molar-refractivity contribution in [2.45, 2.75) is 64.3 Å². The van der Waals surface area contributed by atoms with Crippen molar-refractivity contribution in [1.29, 1.82) is 0 Å². The van der Waals surface area contributed by atoms with E-state index in [1.165, 1.54) is 186 Å². The summed E-state index contributed by atoms with van der Waals surface area (Å²) in [7, 11) is 7.00. The van der Waals surface area contributed by atoms with Crippen LogP contribution in [0, 0.1) is 6.92 Å². The lowest BCUT2D eigenvalue weighted by Crippen LogP contribution is -2.35. The number of amides is 6. The zero-order valence-electron chi connectivity index (χ0n) is 77.4. The minimum atomic E-state index is -4.70. The van der Waals surface area contributed by atoms with Crippen LogP contribution in [0.3, 0.4) is 0 Å². The van der Waals surface area contributed by atoms with Crippen LogP contribution in [0.5, 0.6) is 40.2 Å². The fourth-order valence-corrected chi connectivity index (χ4v) is 14.5. The number of benzene rings is 11. The fraction of sp³-hybridized carbons (Fsp3) is 0.173. The van der Waals surface area contributed by atoms with E-state index >= 15 is 0 Å². The van der Waals surface area contributed by atoms with Gasteiger partial charge in [0.15, 0.2) is 5.69 Å². The average molecular weight is 2000 g/mol. The van der Waals surface area contributed by atoms with Crippen molar-refractivity contribution in [3.8, 4) is 40.2 Å². The van der Waals surface area contributed by atoms with E-state index in [4.69, 9.17) is 37.6 Å². The summed E-state index contributed by atoms with van der Waals surface area (Å²) in [5, 5.41) is 36.6. The summed E-state index contributed by atoms with van der Waals surface area (Å²) < 4.78 is 165. The molecule has 0 spiro atoms. The highest BCUT2D eigenvalue weighted by Gasteiger charge is 2.38. The molecular weight excluding hydrogens is 1910 g/mol. The molecular formula is C104H86F9N9O23. The molecule has 145 heavy (non-hydrogen) atoms. The van der Waals surface area contributed by atoms with Gasteiger partial charge in [-0.2, -0.15) is 39.5 Å². The first-order valence-corrected chi connectivity index (χ1v) is 43.3. The number of hydrogen-bond acceptors (Lipinski definition) is 22. The first-order valence-electron chi connectivity index (χ1n) is 43.3. The number of aromatic nitrogens is 3. The Bertz CT molecular complexity index is 6920. The van der Waals surface area contributed by atoms with Crippen molar-refractivity contribution in [3.05, 3.63) is 357 Å². The fourth-order valence-electron chi connectivity index (χ4n) is 14.5. The number of methoxy groups -OCH3 is 4. The van der Waals surface area contributed by atoms with Crippen molar-refractivity contribution >= 4 is 110 Å². The van der Waals surface area contributed by atoms with E-state index in [0.29, 0.717) is 50.4 Å². The minimum absolute atomic E-state index is 0.000489. The van der Waals surface area contributed by atoms with Crippen LogP contribution in [0.4, 0.5) is 56.6 Å². The number of halogens is 9. The second-order valence-corrected chi connectivity index (χ2v) is 32.0. The molecule has 6 N–H and O–H groups in total. The largest absolute Gasteiger partial charge is 0.497 e. The third kappa shape index (κ3) is 29.5. The molecule has 0 atom stereocenters. The van der Waals surface area contributed by atoms with Crippen LogP contribution in [0.15, 0.2) is 272 Å². The van der Waals surface area contributed by atoms with Gasteiger partial charge < -0.3 is 88.1 Å². The number of rotatable bonds is 34. The molecule has 14 rings (SSSR count). The molecule has 41 heteroatoms. The predicted molar refractivity (Wildman–Crippen MR) is 504 cm³/mol. The number of nitrogens with zero attached hydrogens (tertiary/aromatic N) is 6. The lowest BCUT2D eigenvalue weighted by Gasteiger charge is -2.21. The Morgan fingerprint density at radius 3 is 1.01 bits per heavy atom. The minimum Gasteiger partial charge on any atom is -0.497 e. The van der Waals surface area contributed by atoms with Crippen molar-refractivity contribution in [1.82, 2.24) is 29.2 Å². The SMILES string of the molecule is COc1ccc(CC(=O)Nc2ccc(C(=O)N(CC(=O)O)Cc3ccc(OC(=O)c4ccc5c(c4)ncn5C)cc3)cc2)c(C(F)(F)F)c1.COc1ccc(CC(=O)Nc2ccc(C(=O)N(CC(=O)O)Cc3ccc(OC(=O)c4ccc5oc(C)cc5c4)cc3)cc2)c(C(F)(F)F)c1.COc1ccnc(C(=O)Oc2ccc(CN(CC(=O)O)C(=O)c3ccc(NC(=O)Cc4ccc(OC)cc4C(F)(F)F)cc3)cc2)c1. The highest BCUT2D eigenvalue weighted by Crippen LogP contribution is 2.39. The number of furan rings is 1. The monoisotopic (exact) mass is 2000 g/mol. The number of carboxylic acid groups (broad SMARTS) is 3. The molecule has 0 saturated carbocycles. The highest BCUT2D eigenvalue weighted by molar-refractivity contribution is 6.02. The summed E-state index contributed by atoms with van der Waals surface area (Å²) >= 11 is 0. The van der Waals surface area contributed by atoms with Crippen LogP contribution < -0.4 is 49.1 Å². The summed E-state index contributed by atoms with van der Waals surface area (Å²) in [5.41, 5.74) is 1.78. The number of alkyl halides is 9. The molecule has 748 valence electrons. The number of nitrogens with one attached hydrogen (secondary N) is 3. The van der Waals surface area contributed by atoms with Crippen molar-refractivity contribution in [3.63, 3.8) is 0 Å². The van der Waals surface area contributed by atoms with Gasteiger partial charge in [-0.05, 0) is 234 Å². The lowest BCUT2D eigenvalue weighted by molar-refractivity contribution is -0.139. The topological polar surface area (TPSA) is 420 Å². The van der Waals surface area contributed by atoms with E-state index in [0.717, 1.165) is 43.8 Å². The molecule has 0 saturated heterocycles. The molecule has 3 aromatic heterocycles. The van der Waals surface area contributed by atoms with E-state index in [2.05, 4.69) is 25.9 Å². The number of carboxylic acids is 3. The summed E-state index contributed by atoms with van der Waals surface area (Å²) in [4.78, 5) is 162. The van der Waals surface area contributed by atoms with Gasteiger partial charge in [-0.15, -0.1) is 0 Å². The van der Waals surface area contributed by atoms with Crippen molar-refractivity contribution in [2.24, 2.45) is 7.05 Å². The number of esters is 3. The average Bonchev–Trinajstić information content (AvgIpc) is 1.70. The van der Waals surface area contributed by atoms with Crippen LogP contribution in [0.2, 0.25) is 0 Å². The van der Waals surface area contributed by atoms with Gasteiger partial charge in [0.1, 0.15) is 71.2 Å². The number of ether oxygens (including phenoxy) is 7. The van der Waals surface area contributed by atoms with E-state index in [9.17, 15) is 112 Å². The van der Waals surface area contributed by atoms with Gasteiger partial charge in [0.05, 0.1) is 92.9 Å². The zero-order chi connectivity index (χ0) is 105. The van der Waals surface area contributed by atoms with Gasteiger partial charge in [-0.25, -0.2) is 24.4 Å². The van der Waals surface area contributed by atoms with Gasteiger partial charge in [-0.3, -0.25) is 43.2 Å². The zero-order valence-corrected chi connectivity index (χ0v) is 77.4. The van der Waals surface area contributed by atoms with Gasteiger partial charge >= 0.3 is 54.3 Å². The number of aliphatic carboxylic acids is 3. The van der Waals surface area contributed by atoms with E-state index < -0.39 is 145 Å². The van der Waals surface area contributed by atoms with E-state index in [1.54, 1.807) is 98.2 Å². The van der Waals surface area contributed by atoms with Gasteiger partial charge in [0, 0.05) is 78.1 Å². The number of fused-ring (bicyclic) bond motifs is 2. The molecule has 3 heterocycles. The van der Waals surface area contributed by atoms with Gasteiger partial charge in [-0.1, -0.05) is 54.6 Å². The molecule has 0 fully saturated rings. The Labute approximate surface area is 818 Å². The quantitative estimate of drug-likeness (QED) is 0.0124. The Kier molecular flexibility index (Phi) is 34.4. The number of imidazole rings is 1. The Hall–Kier alpha value is -18.2. The van der Waals surface area contributed by atoms with Crippen LogP contribution in [0.1, 0.15) is 118 Å². The molecule has 0 aliphatic rings. The summed E-state index contributed by atoms with van der Waals surface area (Å²) in [6, 6.07) is 59.8. The normalized spacial score (nSPS) is 11.1. The van der Waals surface area contributed by atoms with Gasteiger partial charge in [0.25, 0.3) is 17.7 Å². The molecule has 32 nitrogen and oxygen atoms in total. The number of hydrogen-bond donors (Lipinski definition) is 6. The molecule has 14 aromatic rings. The van der Waals surface area contributed by atoms with Crippen LogP contribution in [-0.2, 0) is 93.2 Å². The van der Waals surface area contributed by atoms with E-state index in [-0.39, 0.29) is 110 Å². The number of carbonyl (C=O) groups is 12. The first kappa shape index (κ1) is 106. The maximum absolute atomic E-state index is 13.5. The molecule has 11 aromatic carbocycles. The molecule has 6 amide bonds. The first-order chi connectivity index (χ1) is 68.9. The Morgan fingerprint density at radius 1 is 0.359 bits per heavy atom. The number of aryl methyl sites for hydroxylation is 2. The third-order valence-electron chi connectivity index (χ3n) is 21.5. The smallest absolute Gasteiger partial charge is 0.416 e.